The first-order chi connectivity index (χ1) is 8.50. The Morgan fingerprint density at radius 3 is 2.67 bits per heavy atom. The number of nitrogens with one attached hydrogen (secondary N) is 1. The van der Waals surface area contributed by atoms with Crippen molar-refractivity contribution in [3.05, 3.63) is 47.7 Å². The van der Waals surface area contributed by atoms with Gasteiger partial charge in [-0.3, -0.25) is 0 Å². The molecule has 1 N–H and O–H groups in total. The Morgan fingerprint density at radius 1 is 1.33 bits per heavy atom. The number of halogens is 1. The van der Waals surface area contributed by atoms with E-state index in [9.17, 15) is 8.42 Å². The van der Waals surface area contributed by atoms with Gasteiger partial charge < -0.3 is 9.72 Å². The van der Waals surface area contributed by atoms with Crippen LogP contribution in [-0.4, -0.2) is 20.5 Å². The van der Waals surface area contributed by atoms with E-state index < -0.39 is 9.05 Å². The van der Waals surface area contributed by atoms with Gasteiger partial charge in [-0.2, -0.15) is 0 Å². The van der Waals surface area contributed by atoms with Crippen molar-refractivity contribution < 1.29 is 13.2 Å². The zero-order chi connectivity index (χ0) is 13.2. The lowest BCUT2D eigenvalue weighted by atomic mass is 10.1. The molecule has 0 aliphatic heterocycles. The van der Waals surface area contributed by atoms with E-state index in [1.54, 1.807) is 13.3 Å². The molecule has 1 aromatic heterocycles. The summed E-state index contributed by atoms with van der Waals surface area (Å²) in [6.07, 6.45) is 2.20. The fourth-order valence-electron chi connectivity index (χ4n) is 1.73. The van der Waals surface area contributed by atoms with Crippen LogP contribution in [0.2, 0.25) is 0 Å². The number of H-pyrrole nitrogens is 1. The second-order valence-electron chi connectivity index (χ2n) is 3.80. The lowest BCUT2D eigenvalue weighted by Gasteiger charge is -2.06. The summed E-state index contributed by atoms with van der Waals surface area (Å²) in [5.41, 5.74) is 1.82. The van der Waals surface area contributed by atoms with Gasteiger partial charge in [0.15, 0.2) is 0 Å². The Hall–Kier alpha value is -1.46. The van der Waals surface area contributed by atoms with E-state index in [0.29, 0.717) is 6.42 Å². The first-order valence-corrected chi connectivity index (χ1v) is 7.55. The number of para-hydroxylation sites is 1. The number of ether oxygens (including phenoxy) is 1. The van der Waals surface area contributed by atoms with Gasteiger partial charge in [0.1, 0.15) is 10.8 Å². The molecule has 0 bridgehead atoms. The fraction of sp³-hybridized carbons (Fsp3) is 0.167. The van der Waals surface area contributed by atoms with Crippen molar-refractivity contribution in [1.82, 2.24) is 4.98 Å². The van der Waals surface area contributed by atoms with Gasteiger partial charge in [-0.05, 0) is 23.3 Å². The fourth-order valence-corrected chi connectivity index (χ4v) is 2.49. The number of aromatic nitrogens is 1. The largest absolute Gasteiger partial charge is 0.496 e. The molecule has 6 heteroatoms. The van der Waals surface area contributed by atoms with E-state index in [0.717, 1.165) is 16.9 Å². The van der Waals surface area contributed by atoms with Crippen molar-refractivity contribution in [2.24, 2.45) is 0 Å². The number of hydrogen-bond acceptors (Lipinski definition) is 3. The van der Waals surface area contributed by atoms with E-state index in [2.05, 4.69) is 4.98 Å². The van der Waals surface area contributed by atoms with Crippen LogP contribution in [0.15, 0.2) is 41.6 Å². The maximum atomic E-state index is 11.1. The molecule has 1 heterocycles. The molecule has 0 saturated carbocycles. The number of rotatable bonds is 4. The molecule has 18 heavy (non-hydrogen) atoms. The Kier molecular flexibility index (Phi) is 3.63. The van der Waals surface area contributed by atoms with Gasteiger partial charge in [0.25, 0.3) is 9.05 Å². The SMILES string of the molecule is COc1ccccc1Cc1c[nH]c(S(=O)(=O)Cl)c1. The van der Waals surface area contributed by atoms with E-state index in [1.165, 1.54) is 6.07 Å². The molecular formula is C12H12ClNO3S. The first kappa shape index (κ1) is 13.0. The van der Waals surface area contributed by atoms with Crippen molar-refractivity contribution in [2.75, 3.05) is 7.11 Å². The summed E-state index contributed by atoms with van der Waals surface area (Å²) in [5.74, 6) is 0.772. The lowest BCUT2D eigenvalue weighted by Crippen LogP contribution is -1.92. The van der Waals surface area contributed by atoms with Crippen LogP contribution in [0.1, 0.15) is 11.1 Å². The van der Waals surface area contributed by atoms with Gasteiger partial charge in [0, 0.05) is 23.3 Å². The average molecular weight is 286 g/mol. The predicted octanol–water partition coefficient (Wildman–Crippen LogP) is 2.54. The number of aromatic amines is 1. The van der Waals surface area contributed by atoms with Crippen LogP contribution in [-0.2, 0) is 15.5 Å². The molecule has 2 rings (SSSR count). The summed E-state index contributed by atoms with van der Waals surface area (Å²) in [6.45, 7) is 0. The standard InChI is InChI=1S/C12H12ClNO3S/c1-17-11-5-3-2-4-10(11)6-9-7-12(14-8-9)18(13,15)16/h2-5,7-8,14H,6H2,1H3. The highest BCUT2D eigenvalue weighted by Crippen LogP contribution is 2.22. The normalized spacial score (nSPS) is 11.4. The smallest absolute Gasteiger partial charge is 0.276 e. The van der Waals surface area contributed by atoms with Crippen LogP contribution in [0.5, 0.6) is 5.75 Å². The Morgan fingerprint density at radius 2 is 2.06 bits per heavy atom. The Labute approximate surface area is 110 Å². The monoisotopic (exact) mass is 285 g/mol. The molecular weight excluding hydrogens is 274 g/mol. The second-order valence-corrected chi connectivity index (χ2v) is 6.33. The first-order valence-electron chi connectivity index (χ1n) is 5.24. The summed E-state index contributed by atoms with van der Waals surface area (Å²) in [7, 11) is 3.15. The summed E-state index contributed by atoms with van der Waals surface area (Å²) >= 11 is 0. The maximum absolute atomic E-state index is 11.1. The topological polar surface area (TPSA) is 59.2 Å². The quantitative estimate of drug-likeness (QED) is 0.878. The summed E-state index contributed by atoms with van der Waals surface area (Å²) in [5, 5.41) is 0.00839. The minimum Gasteiger partial charge on any atom is -0.496 e. The Balaban J connectivity index is 2.27. The summed E-state index contributed by atoms with van der Waals surface area (Å²) < 4.78 is 27.5. The molecule has 0 atom stereocenters. The van der Waals surface area contributed by atoms with Crippen molar-refractivity contribution >= 4 is 19.7 Å². The van der Waals surface area contributed by atoms with E-state index in [-0.39, 0.29) is 5.03 Å². The molecule has 0 saturated heterocycles. The molecule has 1 aromatic carbocycles. The third-order valence-corrected chi connectivity index (χ3v) is 3.83. The maximum Gasteiger partial charge on any atom is 0.276 e. The van der Waals surface area contributed by atoms with Gasteiger partial charge in [-0.25, -0.2) is 8.42 Å². The van der Waals surface area contributed by atoms with Crippen molar-refractivity contribution in [1.29, 1.82) is 0 Å². The molecule has 2 aromatic rings. The van der Waals surface area contributed by atoms with Gasteiger partial charge in [0.2, 0.25) is 0 Å². The summed E-state index contributed by atoms with van der Waals surface area (Å²) in [4.78, 5) is 2.64. The zero-order valence-electron chi connectivity index (χ0n) is 9.68. The number of hydrogen-bond donors (Lipinski definition) is 1. The van der Waals surface area contributed by atoms with Crippen LogP contribution in [0.25, 0.3) is 0 Å². The van der Waals surface area contributed by atoms with Gasteiger partial charge in [0.05, 0.1) is 7.11 Å². The zero-order valence-corrected chi connectivity index (χ0v) is 11.3. The Bertz CT molecular complexity index is 649. The van der Waals surface area contributed by atoms with Crippen LogP contribution < -0.4 is 4.74 Å². The number of methoxy groups -OCH3 is 1. The minimum atomic E-state index is -3.70. The van der Waals surface area contributed by atoms with Gasteiger partial charge in [-0.1, -0.05) is 18.2 Å². The van der Waals surface area contributed by atoms with Crippen molar-refractivity contribution in [3.63, 3.8) is 0 Å². The molecule has 0 radical (unpaired) electrons. The van der Waals surface area contributed by atoms with Crippen LogP contribution >= 0.6 is 10.7 Å². The number of benzene rings is 1. The molecule has 96 valence electrons. The van der Waals surface area contributed by atoms with E-state index in [1.807, 2.05) is 24.3 Å². The molecule has 0 fully saturated rings. The molecule has 0 unspecified atom stereocenters. The minimum absolute atomic E-state index is 0.00839. The summed E-state index contributed by atoms with van der Waals surface area (Å²) in [6, 6.07) is 9.11. The van der Waals surface area contributed by atoms with Crippen LogP contribution in [0.4, 0.5) is 0 Å². The van der Waals surface area contributed by atoms with Gasteiger partial charge in [-0.15, -0.1) is 0 Å². The predicted molar refractivity (Wildman–Crippen MR) is 69.6 cm³/mol. The molecule has 0 aliphatic carbocycles. The molecule has 4 nitrogen and oxygen atoms in total. The highest BCUT2D eigenvalue weighted by atomic mass is 35.7. The highest BCUT2D eigenvalue weighted by molar-refractivity contribution is 8.13. The molecule has 0 amide bonds. The van der Waals surface area contributed by atoms with Gasteiger partial charge >= 0.3 is 0 Å². The second kappa shape index (κ2) is 5.04. The average Bonchev–Trinajstić information content (AvgIpc) is 2.78. The highest BCUT2D eigenvalue weighted by Gasteiger charge is 2.13. The molecule has 0 aliphatic rings. The van der Waals surface area contributed by atoms with Crippen molar-refractivity contribution in [2.45, 2.75) is 11.4 Å². The lowest BCUT2D eigenvalue weighted by molar-refractivity contribution is 0.410. The third-order valence-electron chi connectivity index (χ3n) is 2.57. The van der Waals surface area contributed by atoms with Crippen molar-refractivity contribution in [3.8, 4) is 5.75 Å². The third kappa shape index (κ3) is 2.86. The van der Waals surface area contributed by atoms with E-state index >= 15 is 0 Å². The van der Waals surface area contributed by atoms with E-state index in [4.69, 9.17) is 15.4 Å². The van der Waals surface area contributed by atoms with Crippen LogP contribution in [0, 0.1) is 0 Å². The molecule has 0 spiro atoms. The van der Waals surface area contributed by atoms with Crippen LogP contribution in [0.3, 0.4) is 0 Å².